The number of methoxy groups -OCH3 is 1. The van der Waals surface area contributed by atoms with Crippen LogP contribution < -0.4 is 4.74 Å². The molecule has 1 aromatic rings. The molecule has 13 heavy (non-hydrogen) atoms. The number of para-hydroxylation sites is 1. The largest absolute Gasteiger partial charge is 0.496 e. The molecule has 3 heteroatoms. The Hall–Kier alpha value is -1.02. The predicted octanol–water partition coefficient (Wildman–Crippen LogP) is 2.39. The van der Waals surface area contributed by atoms with Crippen LogP contribution in [0.3, 0.4) is 0 Å². The quantitative estimate of drug-likeness (QED) is 0.695. The van der Waals surface area contributed by atoms with Crippen molar-refractivity contribution in [2.24, 2.45) is 0 Å². The molecule has 1 aromatic carbocycles. The highest BCUT2D eigenvalue weighted by Gasteiger charge is 2.03. The van der Waals surface area contributed by atoms with Crippen molar-refractivity contribution in [2.45, 2.75) is 12.8 Å². The second-order valence-corrected chi connectivity index (χ2v) is 3.09. The first-order valence-electron chi connectivity index (χ1n) is 4.04. The van der Waals surface area contributed by atoms with Crippen molar-refractivity contribution < 1.29 is 9.53 Å². The molecule has 0 aliphatic heterocycles. The van der Waals surface area contributed by atoms with Crippen LogP contribution >= 0.6 is 11.6 Å². The number of carbonyl (C=O) groups excluding carboxylic acids is 1. The lowest BCUT2D eigenvalue weighted by Gasteiger charge is -2.05. The van der Waals surface area contributed by atoms with Gasteiger partial charge in [0.1, 0.15) is 5.75 Å². The SMILES string of the molecule is COc1ccccc1CCC(=O)Cl. The van der Waals surface area contributed by atoms with Gasteiger partial charge in [-0.05, 0) is 29.7 Å². The molecule has 2 nitrogen and oxygen atoms in total. The molecule has 0 bridgehead atoms. The van der Waals surface area contributed by atoms with E-state index >= 15 is 0 Å². The third-order valence-corrected chi connectivity index (χ3v) is 1.97. The first kappa shape index (κ1) is 10.1. The van der Waals surface area contributed by atoms with Gasteiger partial charge in [0.15, 0.2) is 0 Å². The zero-order valence-corrected chi connectivity index (χ0v) is 8.17. The molecule has 0 saturated heterocycles. The van der Waals surface area contributed by atoms with E-state index < -0.39 is 0 Å². The smallest absolute Gasteiger partial charge is 0.221 e. The third-order valence-electron chi connectivity index (χ3n) is 1.78. The third kappa shape index (κ3) is 3.07. The Labute approximate surface area is 82.5 Å². The molecule has 0 heterocycles. The molecule has 0 unspecified atom stereocenters. The van der Waals surface area contributed by atoms with Gasteiger partial charge >= 0.3 is 0 Å². The maximum absolute atomic E-state index is 10.5. The van der Waals surface area contributed by atoms with Crippen molar-refractivity contribution >= 4 is 16.8 Å². The van der Waals surface area contributed by atoms with Crippen molar-refractivity contribution in [1.82, 2.24) is 0 Å². The molecule has 1 rings (SSSR count). The monoisotopic (exact) mass is 198 g/mol. The van der Waals surface area contributed by atoms with E-state index in [0.717, 1.165) is 11.3 Å². The van der Waals surface area contributed by atoms with Crippen LogP contribution in [0.1, 0.15) is 12.0 Å². The normalized spacial score (nSPS) is 9.69. The lowest BCUT2D eigenvalue weighted by Crippen LogP contribution is -1.95. The van der Waals surface area contributed by atoms with Crippen LogP contribution in [0, 0.1) is 0 Å². The maximum Gasteiger partial charge on any atom is 0.221 e. The van der Waals surface area contributed by atoms with E-state index in [1.165, 1.54) is 0 Å². The number of aryl methyl sites for hydroxylation is 1. The van der Waals surface area contributed by atoms with Gasteiger partial charge < -0.3 is 4.74 Å². The van der Waals surface area contributed by atoms with Crippen LogP contribution in [-0.2, 0) is 11.2 Å². The zero-order valence-electron chi connectivity index (χ0n) is 7.42. The minimum absolute atomic E-state index is 0.314. The van der Waals surface area contributed by atoms with Crippen LogP contribution in [0.25, 0.3) is 0 Å². The summed E-state index contributed by atoms with van der Waals surface area (Å²) < 4.78 is 5.12. The van der Waals surface area contributed by atoms with Crippen LogP contribution in [-0.4, -0.2) is 12.4 Å². The van der Waals surface area contributed by atoms with E-state index in [9.17, 15) is 4.79 Å². The average molecular weight is 199 g/mol. The van der Waals surface area contributed by atoms with Crippen molar-refractivity contribution in [3.05, 3.63) is 29.8 Å². The number of carbonyl (C=O) groups is 1. The first-order chi connectivity index (χ1) is 6.24. The summed E-state index contributed by atoms with van der Waals surface area (Å²) in [5, 5.41) is -0.314. The summed E-state index contributed by atoms with van der Waals surface area (Å²) in [6.07, 6.45) is 0.980. The topological polar surface area (TPSA) is 26.3 Å². The summed E-state index contributed by atoms with van der Waals surface area (Å²) in [5.74, 6) is 0.806. The van der Waals surface area contributed by atoms with Crippen molar-refractivity contribution in [2.75, 3.05) is 7.11 Å². The molecular formula is C10H11ClO2. The number of benzene rings is 1. The Morgan fingerprint density at radius 2 is 2.15 bits per heavy atom. The van der Waals surface area contributed by atoms with Gasteiger partial charge in [0.2, 0.25) is 5.24 Å². The molecule has 0 amide bonds. The van der Waals surface area contributed by atoms with E-state index in [1.54, 1.807) is 7.11 Å². The molecule has 0 aromatic heterocycles. The van der Waals surface area contributed by atoms with Crippen LogP contribution in [0.15, 0.2) is 24.3 Å². The van der Waals surface area contributed by atoms with Gasteiger partial charge in [0.05, 0.1) is 7.11 Å². The summed E-state index contributed by atoms with van der Waals surface area (Å²) in [4.78, 5) is 10.5. The van der Waals surface area contributed by atoms with E-state index in [1.807, 2.05) is 24.3 Å². The molecule has 0 fully saturated rings. The maximum atomic E-state index is 10.5. The molecule has 0 aliphatic rings. The Morgan fingerprint density at radius 1 is 1.46 bits per heavy atom. The molecule has 0 saturated carbocycles. The summed E-state index contributed by atoms with van der Waals surface area (Å²) in [5.41, 5.74) is 1.01. The standard InChI is InChI=1S/C10H11ClO2/c1-13-9-5-3-2-4-8(9)6-7-10(11)12/h2-5H,6-7H2,1H3. The van der Waals surface area contributed by atoms with Gasteiger partial charge in [-0.3, -0.25) is 4.79 Å². The van der Waals surface area contributed by atoms with Gasteiger partial charge in [-0.25, -0.2) is 0 Å². The highest BCUT2D eigenvalue weighted by Crippen LogP contribution is 2.18. The zero-order chi connectivity index (χ0) is 9.68. The van der Waals surface area contributed by atoms with Crippen LogP contribution in [0.2, 0.25) is 0 Å². The lowest BCUT2D eigenvalue weighted by atomic mass is 10.1. The fourth-order valence-electron chi connectivity index (χ4n) is 1.14. The predicted molar refractivity (Wildman–Crippen MR) is 52.2 cm³/mol. The minimum Gasteiger partial charge on any atom is -0.496 e. The number of rotatable bonds is 4. The number of halogens is 1. The summed E-state index contributed by atoms with van der Waals surface area (Å²) in [7, 11) is 1.61. The Kier molecular flexibility index (Phi) is 3.77. The molecule has 70 valence electrons. The molecule has 0 spiro atoms. The van der Waals surface area contributed by atoms with Gasteiger partial charge in [-0.2, -0.15) is 0 Å². The van der Waals surface area contributed by atoms with E-state index in [-0.39, 0.29) is 5.24 Å². The average Bonchev–Trinajstić information content (AvgIpc) is 2.15. The van der Waals surface area contributed by atoms with Crippen molar-refractivity contribution in [1.29, 1.82) is 0 Å². The Bertz CT molecular complexity index is 297. The Morgan fingerprint density at radius 3 is 2.77 bits per heavy atom. The van der Waals surface area contributed by atoms with Crippen LogP contribution in [0.5, 0.6) is 5.75 Å². The highest BCUT2D eigenvalue weighted by molar-refractivity contribution is 6.63. The lowest BCUT2D eigenvalue weighted by molar-refractivity contribution is -0.111. The summed E-state index contributed by atoms with van der Waals surface area (Å²) in [6.45, 7) is 0. The number of hydrogen-bond donors (Lipinski definition) is 0. The molecule has 0 radical (unpaired) electrons. The summed E-state index contributed by atoms with van der Waals surface area (Å²) >= 11 is 5.24. The second-order valence-electron chi connectivity index (χ2n) is 2.67. The van der Waals surface area contributed by atoms with E-state index in [0.29, 0.717) is 12.8 Å². The number of hydrogen-bond acceptors (Lipinski definition) is 2. The molecular weight excluding hydrogens is 188 g/mol. The van der Waals surface area contributed by atoms with Crippen molar-refractivity contribution in [3.63, 3.8) is 0 Å². The first-order valence-corrected chi connectivity index (χ1v) is 4.42. The van der Waals surface area contributed by atoms with Gasteiger partial charge in [-0.15, -0.1) is 0 Å². The van der Waals surface area contributed by atoms with Gasteiger partial charge in [0.25, 0.3) is 0 Å². The van der Waals surface area contributed by atoms with E-state index in [2.05, 4.69) is 0 Å². The van der Waals surface area contributed by atoms with Crippen molar-refractivity contribution in [3.8, 4) is 5.75 Å². The fourth-order valence-corrected chi connectivity index (χ4v) is 1.24. The number of ether oxygens (including phenoxy) is 1. The fraction of sp³-hybridized carbons (Fsp3) is 0.300. The molecule has 0 atom stereocenters. The second kappa shape index (κ2) is 4.87. The summed E-state index contributed by atoms with van der Waals surface area (Å²) in [6, 6.07) is 7.61. The van der Waals surface area contributed by atoms with E-state index in [4.69, 9.17) is 16.3 Å². The Balaban J connectivity index is 2.69. The van der Waals surface area contributed by atoms with Crippen LogP contribution in [0.4, 0.5) is 0 Å². The molecule has 0 N–H and O–H groups in total. The molecule has 0 aliphatic carbocycles. The van der Waals surface area contributed by atoms with Gasteiger partial charge in [0, 0.05) is 6.42 Å². The minimum atomic E-state index is -0.314. The van der Waals surface area contributed by atoms with Gasteiger partial charge in [-0.1, -0.05) is 18.2 Å². The highest BCUT2D eigenvalue weighted by atomic mass is 35.5.